The summed E-state index contributed by atoms with van der Waals surface area (Å²) in [7, 11) is 0. The third-order valence-electron chi connectivity index (χ3n) is 2.26. The normalized spacial score (nSPS) is 27.5. The second kappa shape index (κ2) is 3.55. The quantitative estimate of drug-likeness (QED) is 0.654. The predicted octanol–water partition coefficient (Wildman–Crippen LogP) is 0.141. The molecule has 2 N–H and O–H groups in total. The monoisotopic (exact) mass is 186 g/mol. The number of carbonyl (C=O) groups excluding carboxylic acids is 1. The average molecular weight is 186 g/mol. The maximum Gasteiger partial charge on any atom is 0.307 e. The Morgan fingerprint density at radius 3 is 2.38 bits per heavy atom. The fourth-order valence-corrected chi connectivity index (χ4v) is 1.66. The molecule has 0 aliphatic heterocycles. The molecule has 0 radical (unpaired) electrons. The summed E-state index contributed by atoms with van der Waals surface area (Å²) in [6.45, 7) is 0. The first-order valence-corrected chi connectivity index (χ1v) is 3.97. The molecule has 1 aliphatic carbocycles. The van der Waals surface area contributed by atoms with E-state index in [1.807, 2.05) is 0 Å². The highest BCUT2D eigenvalue weighted by Crippen LogP contribution is 2.31. The second-order valence-electron chi connectivity index (χ2n) is 3.25. The predicted molar refractivity (Wildman–Crippen MR) is 41.1 cm³/mol. The molecule has 5 heteroatoms. The van der Waals surface area contributed by atoms with E-state index in [2.05, 4.69) is 0 Å². The molecule has 1 fully saturated rings. The Morgan fingerprint density at radius 2 is 1.92 bits per heavy atom. The van der Waals surface area contributed by atoms with Crippen molar-refractivity contribution in [1.82, 2.24) is 0 Å². The highest BCUT2D eigenvalue weighted by atomic mass is 16.4. The first kappa shape index (κ1) is 9.70. The van der Waals surface area contributed by atoms with Crippen LogP contribution in [0.3, 0.4) is 0 Å². The average Bonchev–Trinajstić information content (AvgIpc) is 2.29. The fraction of sp³-hybridized carbons (Fsp3) is 0.625. The van der Waals surface area contributed by atoms with E-state index in [1.54, 1.807) is 0 Å². The molecular weight excluding hydrogens is 176 g/mol. The number of hydrogen-bond donors (Lipinski definition) is 2. The van der Waals surface area contributed by atoms with Crippen molar-refractivity contribution in [3.8, 4) is 0 Å². The molecule has 1 aliphatic rings. The van der Waals surface area contributed by atoms with Crippen LogP contribution >= 0.6 is 0 Å². The molecule has 2 atom stereocenters. The molecule has 13 heavy (non-hydrogen) atoms. The van der Waals surface area contributed by atoms with Crippen molar-refractivity contribution in [2.75, 3.05) is 0 Å². The zero-order valence-corrected chi connectivity index (χ0v) is 6.90. The van der Waals surface area contributed by atoms with E-state index >= 15 is 0 Å². The van der Waals surface area contributed by atoms with Gasteiger partial charge in [-0.05, 0) is 5.92 Å². The van der Waals surface area contributed by atoms with Gasteiger partial charge in [-0.1, -0.05) is 0 Å². The Labute approximate surface area is 74.4 Å². The van der Waals surface area contributed by atoms with Crippen LogP contribution in [0.25, 0.3) is 0 Å². The Balaban J connectivity index is 2.66. The van der Waals surface area contributed by atoms with Gasteiger partial charge in [0.05, 0.1) is 5.92 Å². The Morgan fingerprint density at radius 1 is 1.31 bits per heavy atom. The van der Waals surface area contributed by atoms with Gasteiger partial charge in [-0.15, -0.1) is 0 Å². The smallest absolute Gasteiger partial charge is 0.307 e. The summed E-state index contributed by atoms with van der Waals surface area (Å²) in [4.78, 5) is 31.8. The van der Waals surface area contributed by atoms with E-state index in [1.165, 1.54) is 0 Å². The molecular formula is C8H10O5. The van der Waals surface area contributed by atoms with Gasteiger partial charge < -0.3 is 10.2 Å². The van der Waals surface area contributed by atoms with Crippen LogP contribution in [-0.4, -0.2) is 27.9 Å². The molecule has 1 saturated carbocycles. The van der Waals surface area contributed by atoms with Crippen molar-refractivity contribution in [1.29, 1.82) is 0 Å². The minimum absolute atomic E-state index is 0.0206. The lowest BCUT2D eigenvalue weighted by Gasteiger charge is -2.10. The van der Waals surface area contributed by atoms with E-state index < -0.39 is 23.8 Å². The van der Waals surface area contributed by atoms with E-state index in [0.29, 0.717) is 0 Å². The molecule has 0 saturated heterocycles. The summed E-state index contributed by atoms with van der Waals surface area (Å²) in [5.74, 6) is -3.60. The van der Waals surface area contributed by atoms with Crippen molar-refractivity contribution in [3.63, 3.8) is 0 Å². The van der Waals surface area contributed by atoms with Gasteiger partial charge in [0.1, 0.15) is 5.78 Å². The SMILES string of the molecule is O=C(O)CC1CC(=O)CC1C(=O)O. The van der Waals surface area contributed by atoms with Gasteiger partial charge in [0, 0.05) is 19.3 Å². The third-order valence-corrected chi connectivity index (χ3v) is 2.26. The van der Waals surface area contributed by atoms with Gasteiger partial charge in [-0.3, -0.25) is 14.4 Å². The molecule has 0 bridgehead atoms. The zero-order chi connectivity index (χ0) is 10.0. The zero-order valence-electron chi connectivity index (χ0n) is 6.90. The largest absolute Gasteiger partial charge is 0.481 e. The number of Topliss-reactive ketones (excluding diaryl/α,β-unsaturated/α-hetero) is 1. The first-order valence-electron chi connectivity index (χ1n) is 3.97. The fourth-order valence-electron chi connectivity index (χ4n) is 1.66. The van der Waals surface area contributed by atoms with Gasteiger partial charge in [0.15, 0.2) is 0 Å². The standard InChI is InChI=1S/C8H10O5/c9-5-1-4(2-7(10)11)6(3-5)8(12)13/h4,6H,1-3H2,(H,10,11)(H,12,13). The topological polar surface area (TPSA) is 91.7 Å². The van der Waals surface area contributed by atoms with Crippen LogP contribution in [0.4, 0.5) is 0 Å². The maximum absolute atomic E-state index is 10.9. The lowest BCUT2D eigenvalue weighted by Crippen LogP contribution is -2.20. The van der Waals surface area contributed by atoms with Crippen LogP contribution in [0.5, 0.6) is 0 Å². The van der Waals surface area contributed by atoms with E-state index in [4.69, 9.17) is 10.2 Å². The summed E-state index contributed by atoms with van der Waals surface area (Å²) in [5, 5.41) is 17.1. The summed E-state index contributed by atoms with van der Waals surface area (Å²) >= 11 is 0. The number of ketones is 1. The number of carbonyl (C=O) groups is 3. The summed E-state index contributed by atoms with van der Waals surface area (Å²) < 4.78 is 0. The number of carboxylic acid groups (broad SMARTS) is 2. The Bertz CT molecular complexity index is 257. The van der Waals surface area contributed by atoms with Crippen molar-refractivity contribution in [3.05, 3.63) is 0 Å². The molecule has 0 amide bonds. The van der Waals surface area contributed by atoms with E-state index in [0.717, 1.165) is 0 Å². The molecule has 0 spiro atoms. The number of carboxylic acids is 2. The van der Waals surface area contributed by atoms with Crippen molar-refractivity contribution in [2.45, 2.75) is 19.3 Å². The van der Waals surface area contributed by atoms with Gasteiger partial charge >= 0.3 is 11.9 Å². The third kappa shape index (κ3) is 2.27. The van der Waals surface area contributed by atoms with Crippen LogP contribution in [0.1, 0.15) is 19.3 Å². The van der Waals surface area contributed by atoms with Crippen LogP contribution in [-0.2, 0) is 14.4 Å². The Kier molecular flexibility index (Phi) is 2.65. The summed E-state index contributed by atoms with van der Waals surface area (Å²) in [5.41, 5.74) is 0. The number of rotatable bonds is 3. The molecule has 2 unspecified atom stereocenters. The highest BCUT2D eigenvalue weighted by Gasteiger charge is 2.38. The van der Waals surface area contributed by atoms with Crippen LogP contribution in [0.15, 0.2) is 0 Å². The number of hydrogen-bond acceptors (Lipinski definition) is 3. The minimum atomic E-state index is -1.07. The molecule has 0 aromatic carbocycles. The summed E-state index contributed by atoms with van der Waals surface area (Å²) in [6, 6.07) is 0. The van der Waals surface area contributed by atoms with Crippen LogP contribution in [0.2, 0.25) is 0 Å². The van der Waals surface area contributed by atoms with Gasteiger partial charge in [-0.25, -0.2) is 0 Å². The van der Waals surface area contributed by atoms with Crippen molar-refractivity contribution >= 4 is 17.7 Å². The molecule has 72 valence electrons. The van der Waals surface area contributed by atoms with Crippen LogP contribution < -0.4 is 0 Å². The van der Waals surface area contributed by atoms with Crippen LogP contribution in [0, 0.1) is 11.8 Å². The number of aliphatic carboxylic acids is 2. The van der Waals surface area contributed by atoms with E-state index in [9.17, 15) is 14.4 Å². The maximum atomic E-state index is 10.9. The molecule has 5 nitrogen and oxygen atoms in total. The summed E-state index contributed by atoms with van der Waals surface area (Å²) in [6.07, 6.45) is -0.167. The highest BCUT2D eigenvalue weighted by molar-refractivity contribution is 5.88. The molecule has 0 aromatic rings. The second-order valence-corrected chi connectivity index (χ2v) is 3.25. The van der Waals surface area contributed by atoms with Gasteiger partial charge in [0.25, 0.3) is 0 Å². The molecule has 0 heterocycles. The first-order chi connectivity index (χ1) is 6.00. The lowest BCUT2D eigenvalue weighted by molar-refractivity contribution is -0.144. The molecule has 1 rings (SSSR count). The Hall–Kier alpha value is -1.39. The lowest BCUT2D eigenvalue weighted by atomic mass is 9.93. The minimum Gasteiger partial charge on any atom is -0.481 e. The van der Waals surface area contributed by atoms with Crippen molar-refractivity contribution in [2.24, 2.45) is 11.8 Å². The van der Waals surface area contributed by atoms with Crippen molar-refractivity contribution < 1.29 is 24.6 Å². The van der Waals surface area contributed by atoms with Gasteiger partial charge in [-0.2, -0.15) is 0 Å². The van der Waals surface area contributed by atoms with Gasteiger partial charge in [0.2, 0.25) is 0 Å². The molecule has 0 aromatic heterocycles. The van der Waals surface area contributed by atoms with E-state index in [-0.39, 0.29) is 25.0 Å².